The number of para-hydroxylation sites is 1. The molecule has 0 bridgehead atoms. The van der Waals surface area contributed by atoms with E-state index in [9.17, 15) is 19.6 Å². The normalized spacial score (nSPS) is 23.7. The van der Waals surface area contributed by atoms with Crippen LogP contribution in [0.2, 0.25) is 0 Å². The predicted octanol–water partition coefficient (Wildman–Crippen LogP) is 2.81. The summed E-state index contributed by atoms with van der Waals surface area (Å²) >= 11 is 0. The summed E-state index contributed by atoms with van der Waals surface area (Å²) in [6.07, 6.45) is 2.60. The van der Waals surface area contributed by atoms with Crippen LogP contribution in [0, 0.1) is 15.9 Å². The second-order valence-corrected chi connectivity index (χ2v) is 4.71. The summed E-state index contributed by atoms with van der Waals surface area (Å²) in [5.41, 5.74) is -0.406. The molecule has 1 N–H and O–H groups in total. The van der Waals surface area contributed by atoms with Gasteiger partial charge in [-0.05, 0) is 25.3 Å². The third kappa shape index (κ3) is 3.20. The maximum atomic E-state index is 13.7. The van der Waals surface area contributed by atoms with Gasteiger partial charge in [-0.3, -0.25) is 10.1 Å². The fourth-order valence-corrected chi connectivity index (χ4v) is 2.30. The molecule has 1 fully saturated rings. The minimum atomic E-state index is -0.773. The van der Waals surface area contributed by atoms with E-state index in [1.165, 1.54) is 12.1 Å². The number of halogens is 1. The van der Waals surface area contributed by atoms with Gasteiger partial charge >= 0.3 is 5.69 Å². The van der Waals surface area contributed by atoms with Crippen molar-refractivity contribution < 1.29 is 19.2 Å². The van der Waals surface area contributed by atoms with Gasteiger partial charge in [0.25, 0.3) is 0 Å². The zero-order valence-corrected chi connectivity index (χ0v) is 10.4. The zero-order valence-electron chi connectivity index (χ0n) is 10.4. The number of nitro benzene ring substituents is 1. The average Bonchev–Trinajstić information content (AvgIpc) is 2.57. The Kier molecular flexibility index (Phi) is 4.31. The lowest BCUT2D eigenvalue weighted by Gasteiger charge is -2.22. The molecule has 0 aromatic heterocycles. The van der Waals surface area contributed by atoms with Gasteiger partial charge in [-0.2, -0.15) is 0 Å². The minimum absolute atomic E-state index is 0.376. The highest BCUT2D eigenvalue weighted by Gasteiger charge is 2.28. The Labute approximate surface area is 110 Å². The van der Waals surface area contributed by atoms with Gasteiger partial charge in [-0.25, -0.2) is 4.39 Å². The maximum Gasteiger partial charge on any atom is 0.314 e. The number of nitrogens with zero attached hydrogens (tertiary/aromatic N) is 1. The highest BCUT2D eigenvalue weighted by molar-refractivity contribution is 5.47. The van der Waals surface area contributed by atoms with Crippen molar-refractivity contribution in [1.29, 1.82) is 0 Å². The molecule has 1 saturated carbocycles. The van der Waals surface area contributed by atoms with Gasteiger partial charge in [0.05, 0.1) is 11.0 Å². The Balaban J connectivity index is 2.24. The van der Waals surface area contributed by atoms with Crippen LogP contribution in [0.1, 0.15) is 32.1 Å². The second-order valence-electron chi connectivity index (χ2n) is 4.71. The van der Waals surface area contributed by atoms with Crippen molar-refractivity contribution >= 4 is 5.69 Å². The molecule has 6 heteroatoms. The van der Waals surface area contributed by atoms with E-state index in [1.54, 1.807) is 0 Å². The summed E-state index contributed by atoms with van der Waals surface area (Å²) in [5.74, 6) is -1.15. The maximum absolute atomic E-state index is 13.7. The number of aliphatic hydroxyl groups is 1. The summed E-state index contributed by atoms with van der Waals surface area (Å²) in [4.78, 5) is 10.2. The molecule has 19 heavy (non-hydrogen) atoms. The third-order valence-corrected chi connectivity index (χ3v) is 3.33. The van der Waals surface area contributed by atoms with E-state index in [0.717, 1.165) is 25.3 Å². The third-order valence-electron chi connectivity index (χ3n) is 3.33. The monoisotopic (exact) mass is 269 g/mol. The summed E-state index contributed by atoms with van der Waals surface area (Å²) in [6.45, 7) is 0. The number of benzene rings is 1. The van der Waals surface area contributed by atoms with Crippen LogP contribution < -0.4 is 4.74 Å². The fourth-order valence-electron chi connectivity index (χ4n) is 2.30. The molecule has 1 aliphatic rings. The van der Waals surface area contributed by atoms with Gasteiger partial charge in [-0.15, -0.1) is 0 Å². The van der Waals surface area contributed by atoms with Crippen LogP contribution in [0.5, 0.6) is 5.75 Å². The van der Waals surface area contributed by atoms with Gasteiger partial charge in [0.15, 0.2) is 5.82 Å². The molecule has 2 atom stereocenters. The van der Waals surface area contributed by atoms with Gasteiger partial charge in [0.2, 0.25) is 5.75 Å². The highest BCUT2D eigenvalue weighted by Crippen LogP contribution is 2.32. The van der Waals surface area contributed by atoms with Crippen molar-refractivity contribution in [3.8, 4) is 5.75 Å². The number of ether oxygens (including phenoxy) is 1. The molecule has 0 saturated heterocycles. The largest absolute Gasteiger partial charge is 0.479 e. The molecule has 1 aliphatic carbocycles. The van der Waals surface area contributed by atoms with Gasteiger partial charge < -0.3 is 9.84 Å². The Morgan fingerprint density at radius 2 is 2.05 bits per heavy atom. The summed E-state index contributed by atoms with van der Waals surface area (Å²) in [5, 5.41) is 20.8. The number of nitro groups is 1. The van der Waals surface area contributed by atoms with Crippen LogP contribution in [-0.4, -0.2) is 22.2 Å². The zero-order chi connectivity index (χ0) is 13.8. The Hall–Kier alpha value is -1.69. The molecule has 2 rings (SSSR count). The Morgan fingerprint density at radius 3 is 2.79 bits per heavy atom. The number of aliphatic hydroxyl groups excluding tert-OH is 1. The molecular formula is C13H16FNO4. The van der Waals surface area contributed by atoms with Gasteiger partial charge in [0.1, 0.15) is 6.10 Å². The van der Waals surface area contributed by atoms with Crippen molar-refractivity contribution in [2.24, 2.45) is 0 Å². The van der Waals surface area contributed by atoms with E-state index in [1.807, 2.05) is 0 Å². The first-order chi connectivity index (χ1) is 9.09. The average molecular weight is 269 g/mol. The molecule has 0 heterocycles. The predicted molar refractivity (Wildman–Crippen MR) is 66.6 cm³/mol. The van der Waals surface area contributed by atoms with Crippen LogP contribution in [0.3, 0.4) is 0 Å². The van der Waals surface area contributed by atoms with E-state index in [4.69, 9.17) is 4.74 Å². The van der Waals surface area contributed by atoms with Crippen LogP contribution in [-0.2, 0) is 0 Å². The molecule has 0 spiro atoms. The smallest absolute Gasteiger partial charge is 0.314 e. The lowest BCUT2D eigenvalue weighted by atomic mass is 10.1. The molecule has 1 aromatic carbocycles. The topological polar surface area (TPSA) is 72.6 Å². The Morgan fingerprint density at radius 1 is 1.32 bits per heavy atom. The quantitative estimate of drug-likeness (QED) is 0.520. The van der Waals surface area contributed by atoms with Crippen molar-refractivity contribution in [3.05, 3.63) is 34.1 Å². The first-order valence-electron chi connectivity index (χ1n) is 6.37. The molecule has 0 aliphatic heterocycles. The summed E-state index contributed by atoms with van der Waals surface area (Å²) < 4.78 is 19.1. The van der Waals surface area contributed by atoms with E-state index in [0.29, 0.717) is 12.8 Å². The van der Waals surface area contributed by atoms with Crippen molar-refractivity contribution in [3.63, 3.8) is 0 Å². The Bertz CT molecular complexity index is 466. The van der Waals surface area contributed by atoms with Gasteiger partial charge in [0, 0.05) is 6.07 Å². The first kappa shape index (κ1) is 13.7. The van der Waals surface area contributed by atoms with Gasteiger partial charge in [-0.1, -0.05) is 18.9 Å². The molecule has 0 amide bonds. The minimum Gasteiger partial charge on any atom is -0.479 e. The van der Waals surface area contributed by atoms with Crippen LogP contribution >= 0.6 is 0 Å². The standard InChI is InChI=1S/C13H16FNO4/c14-9-5-4-6-10(15(17)18)13(9)19-12-8-3-1-2-7-11(12)16/h4-6,11-12,16H,1-3,7-8H2. The van der Waals surface area contributed by atoms with Crippen molar-refractivity contribution in [1.82, 2.24) is 0 Å². The summed E-state index contributed by atoms with van der Waals surface area (Å²) in [6, 6.07) is 3.58. The highest BCUT2D eigenvalue weighted by atomic mass is 19.1. The SMILES string of the molecule is O=[N+]([O-])c1cccc(F)c1OC1CCCCCC1O. The number of rotatable bonds is 3. The lowest BCUT2D eigenvalue weighted by molar-refractivity contribution is -0.386. The lowest BCUT2D eigenvalue weighted by Crippen LogP contribution is -2.31. The molecule has 5 nitrogen and oxygen atoms in total. The molecular weight excluding hydrogens is 253 g/mol. The van der Waals surface area contributed by atoms with Crippen LogP contribution in [0.25, 0.3) is 0 Å². The first-order valence-corrected chi connectivity index (χ1v) is 6.37. The molecule has 1 aromatic rings. The molecule has 104 valence electrons. The number of hydrogen-bond acceptors (Lipinski definition) is 4. The van der Waals surface area contributed by atoms with Crippen LogP contribution in [0.4, 0.5) is 10.1 Å². The summed E-state index contributed by atoms with van der Waals surface area (Å²) in [7, 11) is 0. The van der Waals surface area contributed by atoms with E-state index in [-0.39, 0.29) is 5.75 Å². The van der Waals surface area contributed by atoms with Crippen molar-refractivity contribution in [2.75, 3.05) is 0 Å². The van der Waals surface area contributed by atoms with E-state index >= 15 is 0 Å². The fraction of sp³-hybridized carbons (Fsp3) is 0.538. The van der Waals surface area contributed by atoms with Crippen molar-refractivity contribution in [2.45, 2.75) is 44.3 Å². The number of hydrogen-bond donors (Lipinski definition) is 1. The molecule has 0 radical (unpaired) electrons. The van der Waals surface area contributed by atoms with E-state index < -0.39 is 28.6 Å². The second kappa shape index (κ2) is 5.97. The van der Waals surface area contributed by atoms with E-state index in [2.05, 4.69) is 0 Å². The molecule has 2 unspecified atom stereocenters. The van der Waals surface area contributed by atoms with Crippen LogP contribution in [0.15, 0.2) is 18.2 Å².